The van der Waals surface area contributed by atoms with Crippen LogP contribution in [-0.2, 0) is 14.1 Å². The molecule has 1 aromatic heterocycles. The molecule has 1 fully saturated rings. The zero-order chi connectivity index (χ0) is 18.8. The minimum Gasteiger partial charge on any atom is -0.481 e. The predicted octanol–water partition coefficient (Wildman–Crippen LogP) is 2.55. The lowest BCUT2D eigenvalue weighted by molar-refractivity contribution is -0.118. The molecule has 1 aromatic rings. The number of aromatic nitrogens is 1. The van der Waals surface area contributed by atoms with E-state index in [1.165, 1.54) is 6.92 Å². The molecule has 0 aromatic carbocycles. The Morgan fingerprint density at radius 1 is 1.32 bits per heavy atom. The summed E-state index contributed by atoms with van der Waals surface area (Å²) in [5.74, 6) is 0.459. The fraction of sp³-hybridized carbons (Fsp3) is 0.556. The standard InChI is InChI=1S/C18H27BN2O4/c1-12-8-16(23-7)21-10-14(12)9-15(11-20-13(2)22)19-24-17(3,4)18(5,6)25-19/h8-10H,11H2,1-7H3,(H,20,22). The topological polar surface area (TPSA) is 69.7 Å². The van der Waals surface area contributed by atoms with Crippen LogP contribution in [0.25, 0.3) is 6.08 Å². The number of methoxy groups -OCH3 is 1. The first kappa shape index (κ1) is 19.5. The highest BCUT2D eigenvalue weighted by Crippen LogP contribution is 2.38. The average Bonchev–Trinajstić information content (AvgIpc) is 2.72. The molecule has 0 aliphatic carbocycles. The van der Waals surface area contributed by atoms with Crippen molar-refractivity contribution in [2.24, 2.45) is 0 Å². The maximum absolute atomic E-state index is 11.4. The molecule has 0 saturated carbocycles. The van der Waals surface area contributed by atoms with Gasteiger partial charge in [0.1, 0.15) is 0 Å². The third-order valence-corrected chi connectivity index (χ3v) is 4.77. The van der Waals surface area contributed by atoms with Crippen molar-refractivity contribution in [3.05, 3.63) is 28.9 Å². The number of nitrogens with one attached hydrogen (secondary N) is 1. The summed E-state index contributed by atoms with van der Waals surface area (Å²) < 4.78 is 17.4. The number of aryl methyl sites for hydroxylation is 1. The molecule has 1 aliphatic heterocycles. The first-order chi connectivity index (χ1) is 11.6. The normalized spacial score (nSPS) is 19.0. The Bertz CT molecular complexity index is 670. The summed E-state index contributed by atoms with van der Waals surface area (Å²) in [4.78, 5) is 15.6. The smallest absolute Gasteiger partial charge is 0.481 e. The molecule has 1 amide bonds. The SMILES string of the molecule is COc1cc(C)c(C=C(CNC(C)=O)B2OC(C)(C)C(C)(C)O2)cn1. The molecular formula is C18H27BN2O4. The van der Waals surface area contributed by atoms with E-state index in [1.54, 1.807) is 13.3 Å². The molecule has 0 spiro atoms. The van der Waals surface area contributed by atoms with Crippen LogP contribution < -0.4 is 10.1 Å². The predicted molar refractivity (Wildman–Crippen MR) is 98.3 cm³/mol. The van der Waals surface area contributed by atoms with E-state index < -0.39 is 18.3 Å². The van der Waals surface area contributed by atoms with Crippen LogP contribution in [0.3, 0.4) is 0 Å². The van der Waals surface area contributed by atoms with Crippen molar-refractivity contribution in [3.8, 4) is 5.88 Å². The quantitative estimate of drug-likeness (QED) is 0.830. The van der Waals surface area contributed by atoms with Crippen LogP contribution >= 0.6 is 0 Å². The maximum atomic E-state index is 11.4. The third kappa shape index (κ3) is 4.41. The highest BCUT2D eigenvalue weighted by atomic mass is 16.7. The first-order valence-corrected chi connectivity index (χ1v) is 8.37. The minimum absolute atomic E-state index is 0.105. The fourth-order valence-electron chi connectivity index (χ4n) is 2.43. The van der Waals surface area contributed by atoms with Gasteiger partial charge in [-0.3, -0.25) is 4.79 Å². The number of carbonyl (C=O) groups excluding carboxylic acids is 1. The molecule has 1 aliphatic rings. The molecule has 0 atom stereocenters. The van der Waals surface area contributed by atoms with Gasteiger partial charge in [-0.1, -0.05) is 6.08 Å². The Balaban J connectivity index is 2.35. The summed E-state index contributed by atoms with van der Waals surface area (Å²) in [6.07, 6.45) is 3.70. The zero-order valence-corrected chi connectivity index (χ0v) is 16.1. The van der Waals surface area contributed by atoms with Gasteiger partial charge in [-0.2, -0.15) is 0 Å². The van der Waals surface area contributed by atoms with Gasteiger partial charge < -0.3 is 19.4 Å². The van der Waals surface area contributed by atoms with E-state index in [4.69, 9.17) is 14.0 Å². The molecular weight excluding hydrogens is 319 g/mol. The molecule has 2 heterocycles. The molecule has 7 heteroatoms. The fourth-order valence-corrected chi connectivity index (χ4v) is 2.43. The van der Waals surface area contributed by atoms with Crippen LogP contribution in [-0.4, -0.2) is 42.9 Å². The van der Waals surface area contributed by atoms with Crippen LogP contribution in [0.4, 0.5) is 0 Å². The number of nitrogens with zero attached hydrogens (tertiary/aromatic N) is 1. The van der Waals surface area contributed by atoms with Gasteiger partial charge in [0.2, 0.25) is 11.8 Å². The number of ether oxygens (including phenoxy) is 1. The molecule has 0 radical (unpaired) electrons. The second-order valence-electron chi connectivity index (χ2n) is 7.30. The molecule has 0 unspecified atom stereocenters. The molecule has 136 valence electrons. The minimum atomic E-state index is -0.529. The van der Waals surface area contributed by atoms with Crippen LogP contribution in [0.15, 0.2) is 17.7 Å². The van der Waals surface area contributed by atoms with E-state index in [1.807, 2.05) is 46.8 Å². The molecule has 2 rings (SSSR count). The lowest BCUT2D eigenvalue weighted by Crippen LogP contribution is -2.41. The Kier molecular flexibility index (Phi) is 5.59. The monoisotopic (exact) mass is 346 g/mol. The van der Waals surface area contributed by atoms with Gasteiger partial charge in [-0.15, -0.1) is 0 Å². The summed E-state index contributed by atoms with van der Waals surface area (Å²) in [7, 11) is 1.06. The Morgan fingerprint density at radius 2 is 1.92 bits per heavy atom. The number of pyridine rings is 1. The molecule has 25 heavy (non-hydrogen) atoms. The van der Waals surface area contributed by atoms with Gasteiger partial charge in [0, 0.05) is 25.7 Å². The van der Waals surface area contributed by atoms with Crippen LogP contribution in [0.2, 0.25) is 0 Å². The van der Waals surface area contributed by atoms with E-state index in [0.717, 1.165) is 16.6 Å². The van der Waals surface area contributed by atoms with Gasteiger partial charge >= 0.3 is 7.12 Å². The Hall–Kier alpha value is -1.86. The van der Waals surface area contributed by atoms with E-state index in [0.29, 0.717) is 12.4 Å². The van der Waals surface area contributed by atoms with Crippen LogP contribution in [0.1, 0.15) is 45.7 Å². The zero-order valence-electron chi connectivity index (χ0n) is 16.1. The lowest BCUT2D eigenvalue weighted by atomic mass is 9.76. The van der Waals surface area contributed by atoms with E-state index in [9.17, 15) is 4.79 Å². The van der Waals surface area contributed by atoms with Crippen molar-refractivity contribution in [2.75, 3.05) is 13.7 Å². The van der Waals surface area contributed by atoms with Gasteiger partial charge in [-0.25, -0.2) is 4.98 Å². The van der Waals surface area contributed by atoms with Crippen molar-refractivity contribution in [1.82, 2.24) is 10.3 Å². The van der Waals surface area contributed by atoms with Crippen molar-refractivity contribution >= 4 is 19.1 Å². The van der Waals surface area contributed by atoms with E-state index in [-0.39, 0.29) is 5.91 Å². The van der Waals surface area contributed by atoms with Crippen molar-refractivity contribution in [1.29, 1.82) is 0 Å². The number of hydrogen-bond acceptors (Lipinski definition) is 5. The molecule has 1 N–H and O–H groups in total. The lowest BCUT2D eigenvalue weighted by Gasteiger charge is -2.32. The van der Waals surface area contributed by atoms with Crippen molar-refractivity contribution in [3.63, 3.8) is 0 Å². The summed E-state index contributed by atoms with van der Waals surface area (Å²) in [6.45, 7) is 11.8. The van der Waals surface area contributed by atoms with Crippen molar-refractivity contribution < 1.29 is 18.8 Å². The highest BCUT2D eigenvalue weighted by molar-refractivity contribution is 6.56. The average molecular weight is 346 g/mol. The summed E-state index contributed by atoms with van der Waals surface area (Å²) in [5, 5.41) is 2.83. The van der Waals surface area contributed by atoms with E-state index >= 15 is 0 Å². The second kappa shape index (κ2) is 7.18. The number of carbonyl (C=O) groups is 1. The molecule has 6 nitrogen and oxygen atoms in total. The van der Waals surface area contributed by atoms with E-state index in [2.05, 4.69) is 10.3 Å². The van der Waals surface area contributed by atoms with Gasteiger partial charge in [0.05, 0.1) is 18.3 Å². The van der Waals surface area contributed by atoms with Crippen LogP contribution in [0.5, 0.6) is 5.88 Å². The summed E-state index contributed by atoms with van der Waals surface area (Å²) in [6, 6.07) is 1.87. The van der Waals surface area contributed by atoms with Crippen LogP contribution in [0, 0.1) is 6.92 Å². The number of hydrogen-bond donors (Lipinski definition) is 1. The largest absolute Gasteiger partial charge is 0.492 e. The Labute approximate surface area is 150 Å². The third-order valence-electron chi connectivity index (χ3n) is 4.77. The highest BCUT2D eigenvalue weighted by Gasteiger charge is 2.52. The summed E-state index contributed by atoms with van der Waals surface area (Å²) in [5.41, 5.74) is 1.89. The van der Waals surface area contributed by atoms with Gasteiger partial charge in [0.15, 0.2) is 0 Å². The Morgan fingerprint density at radius 3 is 2.40 bits per heavy atom. The number of rotatable bonds is 5. The maximum Gasteiger partial charge on any atom is 0.492 e. The van der Waals surface area contributed by atoms with Crippen molar-refractivity contribution in [2.45, 2.75) is 52.7 Å². The summed E-state index contributed by atoms with van der Waals surface area (Å²) >= 11 is 0. The van der Waals surface area contributed by atoms with Gasteiger partial charge in [-0.05, 0) is 51.2 Å². The molecule has 1 saturated heterocycles. The second-order valence-corrected chi connectivity index (χ2v) is 7.30. The molecule has 0 bridgehead atoms. The van der Waals surface area contributed by atoms with Gasteiger partial charge in [0.25, 0.3) is 0 Å². The number of amides is 1. The first-order valence-electron chi connectivity index (χ1n) is 8.37.